The lowest BCUT2D eigenvalue weighted by Gasteiger charge is -2.17. The summed E-state index contributed by atoms with van der Waals surface area (Å²) < 4.78 is 6.27. The highest BCUT2D eigenvalue weighted by molar-refractivity contribution is 6.16. The van der Waals surface area contributed by atoms with Crippen molar-refractivity contribution in [2.75, 3.05) is 0 Å². The van der Waals surface area contributed by atoms with Crippen LogP contribution in [0.3, 0.4) is 0 Å². The number of allylic oxidation sites excluding steroid dienone is 4. The van der Waals surface area contributed by atoms with Crippen LogP contribution in [-0.2, 0) is 0 Å². The molecule has 2 aromatic heterocycles. The molecule has 0 amide bonds. The second kappa shape index (κ2) is 11.1. The SMILES string of the molecule is C1=CCC(c2nc(-c3ccc(-c4cccc5oc6ccccc6c45)c4ccccc34)nc(-c3cc4ccccc4c4ccccc34)n2)C=C1. The van der Waals surface area contributed by atoms with Crippen molar-refractivity contribution in [3.05, 3.63) is 164 Å². The van der Waals surface area contributed by atoms with E-state index in [0.29, 0.717) is 11.6 Å². The molecular weight excluding hydrogens is 599 g/mol. The standard InChI is InChI=1S/C45H29N3O/c1-2-13-28(14-3-1)43-46-44(48-45(47-43)39-27-29-15-4-5-16-30(29)31-17-6-9-20-34(31)39)37-26-25-35(32-18-7-8-19-33(32)37)36-22-12-24-41-42(36)38-21-10-11-23-40(38)49-41/h1-13,15-28H,14H2. The maximum atomic E-state index is 6.27. The molecule has 0 fully saturated rings. The molecule has 1 unspecified atom stereocenters. The summed E-state index contributed by atoms with van der Waals surface area (Å²) in [5, 5.41) is 9.17. The van der Waals surface area contributed by atoms with Crippen LogP contribution in [0, 0.1) is 0 Å². The Morgan fingerprint density at radius 2 is 1.10 bits per heavy atom. The second-order valence-corrected chi connectivity index (χ2v) is 12.7. The van der Waals surface area contributed by atoms with Gasteiger partial charge in [-0.05, 0) is 74.1 Å². The number of benzene rings is 7. The molecule has 0 saturated carbocycles. The van der Waals surface area contributed by atoms with Gasteiger partial charge in [0.1, 0.15) is 17.0 Å². The fourth-order valence-electron chi connectivity index (χ4n) is 7.54. The Morgan fingerprint density at radius 1 is 0.469 bits per heavy atom. The van der Waals surface area contributed by atoms with Crippen LogP contribution < -0.4 is 0 Å². The van der Waals surface area contributed by atoms with Crippen molar-refractivity contribution < 1.29 is 4.42 Å². The average molecular weight is 628 g/mol. The van der Waals surface area contributed by atoms with Gasteiger partial charge < -0.3 is 4.42 Å². The molecule has 0 radical (unpaired) electrons. The zero-order valence-corrected chi connectivity index (χ0v) is 26.5. The van der Waals surface area contributed by atoms with Crippen LogP contribution in [0.2, 0.25) is 0 Å². The van der Waals surface area contributed by atoms with E-state index in [0.717, 1.165) is 78.0 Å². The van der Waals surface area contributed by atoms with E-state index >= 15 is 0 Å². The molecule has 0 spiro atoms. The minimum absolute atomic E-state index is 0.0646. The third-order valence-corrected chi connectivity index (χ3v) is 9.83. The van der Waals surface area contributed by atoms with Crippen LogP contribution in [0.1, 0.15) is 18.2 Å². The minimum atomic E-state index is 0.0646. The monoisotopic (exact) mass is 627 g/mol. The summed E-state index contributed by atoms with van der Waals surface area (Å²) in [6.45, 7) is 0. The van der Waals surface area contributed by atoms with Crippen LogP contribution >= 0.6 is 0 Å². The number of fused-ring (bicyclic) bond motifs is 7. The topological polar surface area (TPSA) is 51.8 Å². The predicted molar refractivity (Wildman–Crippen MR) is 202 cm³/mol. The molecule has 1 aliphatic rings. The molecule has 9 aromatic rings. The molecule has 7 aromatic carbocycles. The van der Waals surface area contributed by atoms with E-state index in [9.17, 15) is 0 Å². The maximum Gasteiger partial charge on any atom is 0.164 e. The summed E-state index contributed by atoms with van der Waals surface area (Å²) in [5.41, 5.74) is 6.05. The Balaban J connectivity index is 1.22. The lowest BCUT2D eigenvalue weighted by Crippen LogP contribution is -2.08. The smallest absolute Gasteiger partial charge is 0.164 e. The van der Waals surface area contributed by atoms with Gasteiger partial charge in [-0.15, -0.1) is 0 Å². The first-order valence-corrected chi connectivity index (χ1v) is 16.7. The number of furan rings is 1. The molecular formula is C45H29N3O. The van der Waals surface area contributed by atoms with E-state index in [-0.39, 0.29) is 5.92 Å². The maximum absolute atomic E-state index is 6.27. The van der Waals surface area contributed by atoms with Gasteiger partial charge in [0.15, 0.2) is 11.6 Å². The van der Waals surface area contributed by atoms with E-state index in [1.807, 2.05) is 12.1 Å². The minimum Gasteiger partial charge on any atom is -0.456 e. The van der Waals surface area contributed by atoms with Crippen LogP contribution in [0.4, 0.5) is 0 Å². The van der Waals surface area contributed by atoms with Crippen LogP contribution in [0.25, 0.3) is 88.2 Å². The molecule has 0 N–H and O–H groups in total. The second-order valence-electron chi connectivity index (χ2n) is 12.7. The Hall–Kier alpha value is -6.39. The van der Waals surface area contributed by atoms with Gasteiger partial charge in [0.2, 0.25) is 0 Å². The largest absolute Gasteiger partial charge is 0.456 e. The lowest BCUT2D eigenvalue weighted by atomic mass is 9.92. The predicted octanol–water partition coefficient (Wildman–Crippen LogP) is 11.8. The third-order valence-electron chi connectivity index (χ3n) is 9.83. The van der Waals surface area contributed by atoms with Gasteiger partial charge >= 0.3 is 0 Å². The Morgan fingerprint density at radius 3 is 1.90 bits per heavy atom. The first kappa shape index (κ1) is 27.7. The summed E-state index contributed by atoms with van der Waals surface area (Å²) in [4.78, 5) is 15.7. The van der Waals surface area contributed by atoms with Gasteiger partial charge in [-0.1, -0.05) is 133 Å². The molecule has 0 saturated heterocycles. The summed E-state index contributed by atoms with van der Waals surface area (Å²) in [6, 6.07) is 46.9. The quantitative estimate of drug-likeness (QED) is 0.182. The molecule has 1 aliphatic carbocycles. The molecule has 0 bridgehead atoms. The third kappa shape index (κ3) is 4.49. The molecule has 0 aliphatic heterocycles. The van der Waals surface area contributed by atoms with E-state index in [1.165, 1.54) is 10.8 Å². The van der Waals surface area contributed by atoms with Crippen LogP contribution in [-0.4, -0.2) is 15.0 Å². The highest BCUT2D eigenvalue weighted by atomic mass is 16.3. The van der Waals surface area contributed by atoms with Gasteiger partial charge in [-0.25, -0.2) is 15.0 Å². The summed E-state index contributed by atoms with van der Waals surface area (Å²) in [6.07, 6.45) is 9.40. The number of hydrogen-bond acceptors (Lipinski definition) is 4. The van der Waals surface area contributed by atoms with Crippen molar-refractivity contribution in [1.29, 1.82) is 0 Å². The van der Waals surface area contributed by atoms with Crippen molar-refractivity contribution in [3.63, 3.8) is 0 Å². The van der Waals surface area contributed by atoms with Crippen molar-refractivity contribution in [2.45, 2.75) is 12.3 Å². The zero-order chi connectivity index (χ0) is 32.3. The number of para-hydroxylation sites is 1. The summed E-state index contributed by atoms with van der Waals surface area (Å²) in [5.74, 6) is 2.21. The average Bonchev–Trinajstić information content (AvgIpc) is 3.56. The van der Waals surface area contributed by atoms with Crippen molar-refractivity contribution in [3.8, 4) is 33.9 Å². The first-order chi connectivity index (χ1) is 24.3. The van der Waals surface area contributed by atoms with Gasteiger partial charge in [0.25, 0.3) is 0 Å². The summed E-state index contributed by atoms with van der Waals surface area (Å²) >= 11 is 0. The van der Waals surface area contributed by atoms with Crippen LogP contribution in [0.15, 0.2) is 162 Å². The molecule has 230 valence electrons. The van der Waals surface area contributed by atoms with Gasteiger partial charge in [-0.2, -0.15) is 0 Å². The molecule has 4 nitrogen and oxygen atoms in total. The highest BCUT2D eigenvalue weighted by Gasteiger charge is 2.21. The van der Waals surface area contributed by atoms with Crippen molar-refractivity contribution in [2.24, 2.45) is 0 Å². The summed E-state index contributed by atoms with van der Waals surface area (Å²) in [7, 11) is 0. The fourth-order valence-corrected chi connectivity index (χ4v) is 7.54. The number of rotatable bonds is 4. The van der Waals surface area contributed by atoms with E-state index in [4.69, 9.17) is 19.4 Å². The molecule has 1 atom stereocenters. The normalized spacial score (nSPS) is 14.5. The van der Waals surface area contributed by atoms with Crippen molar-refractivity contribution in [1.82, 2.24) is 15.0 Å². The number of aromatic nitrogens is 3. The lowest BCUT2D eigenvalue weighted by molar-refractivity contribution is 0.669. The first-order valence-electron chi connectivity index (χ1n) is 16.7. The Bertz CT molecular complexity index is 2820. The molecule has 49 heavy (non-hydrogen) atoms. The Kier molecular flexibility index (Phi) is 6.28. The molecule has 2 heterocycles. The van der Waals surface area contributed by atoms with Crippen LogP contribution in [0.5, 0.6) is 0 Å². The van der Waals surface area contributed by atoms with E-state index in [2.05, 4.69) is 146 Å². The fraction of sp³-hybridized carbons (Fsp3) is 0.0444. The van der Waals surface area contributed by atoms with Gasteiger partial charge in [-0.3, -0.25) is 0 Å². The molecule has 4 heteroatoms. The number of hydrogen-bond donors (Lipinski definition) is 0. The van der Waals surface area contributed by atoms with Gasteiger partial charge in [0, 0.05) is 27.8 Å². The van der Waals surface area contributed by atoms with E-state index < -0.39 is 0 Å². The van der Waals surface area contributed by atoms with E-state index in [1.54, 1.807) is 0 Å². The number of nitrogens with zero attached hydrogens (tertiary/aromatic N) is 3. The van der Waals surface area contributed by atoms with Crippen molar-refractivity contribution >= 4 is 54.3 Å². The van der Waals surface area contributed by atoms with Gasteiger partial charge in [0.05, 0.1) is 0 Å². The Labute approximate surface area is 282 Å². The highest BCUT2D eigenvalue weighted by Crippen LogP contribution is 2.42. The molecule has 10 rings (SSSR count). The zero-order valence-electron chi connectivity index (χ0n) is 26.5.